The van der Waals surface area contributed by atoms with Gasteiger partial charge in [-0.15, -0.1) is 0 Å². The smallest absolute Gasteiger partial charge is 0.146 e. The molecule has 54 valence electrons. The molecular formula is C7H14OS. The minimum absolute atomic E-state index is 0.601. The van der Waals surface area contributed by atoms with E-state index in [0.29, 0.717) is 11.8 Å². The van der Waals surface area contributed by atoms with E-state index in [1.807, 2.05) is 0 Å². The zero-order valence-corrected chi connectivity index (χ0v) is 7.07. The third kappa shape index (κ3) is 4.40. The number of thiocarbonyl (C=S) groups is 1. The summed E-state index contributed by atoms with van der Waals surface area (Å²) in [6, 6.07) is 0. The lowest BCUT2D eigenvalue weighted by Crippen LogP contribution is -2.10. The van der Waals surface area contributed by atoms with Gasteiger partial charge in [0.1, 0.15) is 5.55 Å². The molecule has 1 atom stereocenters. The van der Waals surface area contributed by atoms with E-state index < -0.39 is 0 Å². The first-order valence-electron chi connectivity index (χ1n) is 3.23. The lowest BCUT2D eigenvalue weighted by atomic mass is 10.00. The summed E-state index contributed by atoms with van der Waals surface area (Å²) in [5, 5.41) is 0. The predicted molar refractivity (Wildman–Crippen MR) is 43.6 cm³/mol. The highest BCUT2D eigenvalue weighted by molar-refractivity contribution is 7.78. The molecule has 0 saturated heterocycles. The van der Waals surface area contributed by atoms with E-state index in [1.54, 1.807) is 0 Å². The molecule has 2 heteroatoms. The molecule has 0 aliphatic carbocycles. The van der Waals surface area contributed by atoms with Crippen LogP contribution in [-0.2, 0) is 4.74 Å². The molecule has 0 radical (unpaired) electrons. The Balaban J connectivity index is 3.26. The Hall–Kier alpha value is -0.110. The van der Waals surface area contributed by atoms with Crippen LogP contribution in [0.3, 0.4) is 0 Å². The standard InChI is InChI=1S/C7H14OS/c1-6(2)7(3)4-8-5-9/h5-7H,4H2,1-3H3. The molecule has 0 bridgehead atoms. The fourth-order valence-electron chi connectivity index (χ4n) is 0.384. The zero-order chi connectivity index (χ0) is 7.28. The fraction of sp³-hybridized carbons (Fsp3) is 0.857. The van der Waals surface area contributed by atoms with Crippen molar-refractivity contribution < 1.29 is 4.74 Å². The van der Waals surface area contributed by atoms with Crippen LogP contribution in [0.15, 0.2) is 0 Å². The normalized spacial score (nSPS) is 13.3. The van der Waals surface area contributed by atoms with E-state index in [4.69, 9.17) is 4.74 Å². The van der Waals surface area contributed by atoms with Crippen LogP contribution in [0.5, 0.6) is 0 Å². The van der Waals surface area contributed by atoms with Gasteiger partial charge in [0.05, 0.1) is 6.61 Å². The Morgan fingerprint density at radius 2 is 2.00 bits per heavy atom. The molecule has 0 N–H and O–H groups in total. The molecular weight excluding hydrogens is 132 g/mol. The second-order valence-electron chi connectivity index (χ2n) is 2.65. The highest BCUT2D eigenvalue weighted by Crippen LogP contribution is 2.08. The van der Waals surface area contributed by atoms with Crippen LogP contribution in [0.1, 0.15) is 20.8 Å². The van der Waals surface area contributed by atoms with Crippen LogP contribution in [-0.4, -0.2) is 12.2 Å². The molecule has 0 aliphatic rings. The molecule has 9 heavy (non-hydrogen) atoms. The van der Waals surface area contributed by atoms with E-state index in [1.165, 1.54) is 5.55 Å². The molecule has 0 amide bonds. The summed E-state index contributed by atoms with van der Waals surface area (Å²) < 4.78 is 4.95. The molecule has 0 aromatic heterocycles. The van der Waals surface area contributed by atoms with E-state index in [9.17, 15) is 0 Å². The van der Waals surface area contributed by atoms with Gasteiger partial charge >= 0.3 is 0 Å². The first kappa shape index (κ1) is 8.89. The minimum Gasteiger partial charge on any atom is -0.490 e. The summed E-state index contributed by atoms with van der Waals surface area (Å²) in [4.78, 5) is 0. The van der Waals surface area contributed by atoms with Gasteiger partial charge in [-0.3, -0.25) is 0 Å². The lowest BCUT2D eigenvalue weighted by Gasteiger charge is -2.13. The number of rotatable bonds is 4. The van der Waals surface area contributed by atoms with Crippen molar-refractivity contribution in [1.82, 2.24) is 0 Å². The molecule has 1 unspecified atom stereocenters. The summed E-state index contributed by atoms with van der Waals surface area (Å²) >= 11 is 4.51. The summed E-state index contributed by atoms with van der Waals surface area (Å²) in [5.41, 5.74) is 1.33. The Morgan fingerprint density at radius 1 is 1.44 bits per heavy atom. The van der Waals surface area contributed by atoms with Crippen LogP contribution in [0.25, 0.3) is 0 Å². The van der Waals surface area contributed by atoms with Gasteiger partial charge in [-0.1, -0.05) is 20.8 Å². The third-order valence-corrected chi connectivity index (χ3v) is 1.70. The van der Waals surface area contributed by atoms with E-state index in [2.05, 4.69) is 33.0 Å². The zero-order valence-electron chi connectivity index (χ0n) is 6.26. The molecule has 0 rings (SSSR count). The number of hydrogen-bond donors (Lipinski definition) is 0. The van der Waals surface area contributed by atoms with E-state index in [-0.39, 0.29) is 0 Å². The second kappa shape index (κ2) is 4.74. The maximum absolute atomic E-state index is 4.95. The quantitative estimate of drug-likeness (QED) is 0.563. The van der Waals surface area contributed by atoms with Crippen molar-refractivity contribution in [2.24, 2.45) is 11.8 Å². The van der Waals surface area contributed by atoms with Gasteiger partial charge in [0, 0.05) is 0 Å². The molecule has 1 nitrogen and oxygen atoms in total. The van der Waals surface area contributed by atoms with Crippen molar-refractivity contribution in [3.63, 3.8) is 0 Å². The van der Waals surface area contributed by atoms with Crippen molar-refractivity contribution in [2.75, 3.05) is 6.61 Å². The Labute approximate surface area is 62.4 Å². The summed E-state index contributed by atoms with van der Waals surface area (Å²) in [7, 11) is 0. The molecule has 0 aromatic rings. The molecule has 0 aromatic carbocycles. The summed E-state index contributed by atoms with van der Waals surface area (Å²) in [5.74, 6) is 1.28. The number of ether oxygens (including phenoxy) is 1. The van der Waals surface area contributed by atoms with Gasteiger partial charge in [-0.05, 0) is 24.1 Å². The number of hydrogen-bond acceptors (Lipinski definition) is 2. The average Bonchev–Trinajstić information content (AvgIpc) is 1.82. The summed E-state index contributed by atoms with van der Waals surface area (Å²) in [6.45, 7) is 7.26. The minimum atomic E-state index is 0.601. The SMILES string of the molecule is CC(C)C(C)COC=S. The molecule has 0 saturated carbocycles. The first-order valence-corrected chi connectivity index (χ1v) is 3.71. The van der Waals surface area contributed by atoms with Crippen LogP contribution in [0, 0.1) is 11.8 Å². The monoisotopic (exact) mass is 146 g/mol. The van der Waals surface area contributed by atoms with Crippen molar-refractivity contribution in [3.05, 3.63) is 0 Å². The molecule has 0 fully saturated rings. The van der Waals surface area contributed by atoms with Crippen molar-refractivity contribution >= 4 is 17.8 Å². The van der Waals surface area contributed by atoms with Crippen molar-refractivity contribution in [2.45, 2.75) is 20.8 Å². The topological polar surface area (TPSA) is 9.23 Å². The molecule has 0 aliphatic heterocycles. The fourth-order valence-corrected chi connectivity index (χ4v) is 0.462. The van der Waals surface area contributed by atoms with Crippen LogP contribution >= 0.6 is 12.2 Å². The third-order valence-electron chi connectivity index (χ3n) is 1.57. The van der Waals surface area contributed by atoms with E-state index >= 15 is 0 Å². The summed E-state index contributed by atoms with van der Waals surface area (Å²) in [6.07, 6.45) is 0. The predicted octanol–water partition coefficient (Wildman–Crippen LogP) is 2.25. The van der Waals surface area contributed by atoms with Gasteiger partial charge in [0.2, 0.25) is 0 Å². The maximum atomic E-state index is 4.95. The van der Waals surface area contributed by atoms with E-state index in [0.717, 1.165) is 6.61 Å². The van der Waals surface area contributed by atoms with Crippen molar-refractivity contribution in [1.29, 1.82) is 0 Å². The Bertz CT molecular complexity index is 81.0. The van der Waals surface area contributed by atoms with Gasteiger partial charge in [0.25, 0.3) is 0 Å². The van der Waals surface area contributed by atoms with Gasteiger partial charge in [0.15, 0.2) is 0 Å². The largest absolute Gasteiger partial charge is 0.490 e. The molecule has 0 spiro atoms. The molecule has 0 heterocycles. The van der Waals surface area contributed by atoms with Crippen LogP contribution in [0.2, 0.25) is 0 Å². The van der Waals surface area contributed by atoms with Gasteiger partial charge < -0.3 is 4.74 Å². The second-order valence-corrected chi connectivity index (χ2v) is 2.84. The van der Waals surface area contributed by atoms with Crippen molar-refractivity contribution in [3.8, 4) is 0 Å². The average molecular weight is 146 g/mol. The van der Waals surface area contributed by atoms with Crippen LogP contribution < -0.4 is 0 Å². The van der Waals surface area contributed by atoms with Gasteiger partial charge in [-0.25, -0.2) is 0 Å². The highest BCUT2D eigenvalue weighted by atomic mass is 32.1. The highest BCUT2D eigenvalue weighted by Gasteiger charge is 2.05. The Kier molecular flexibility index (Phi) is 4.68. The maximum Gasteiger partial charge on any atom is 0.146 e. The Morgan fingerprint density at radius 3 is 2.33 bits per heavy atom. The lowest BCUT2D eigenvalue weighted by molar-refractivity contribution is 0.226. The van der Waals surface area contributed by atoms with Crippen LogP contribution in [0.4, 0.5) is 0 Å². The first-order chi connectivity index (χ1) is 4.18. The van der Waals surface area contributed by atoms with Gasteiger partial charge in [-0.2, -0.15) is 0 Å².